The molecule has 1 fully saturated rings. The molecule has 0 spiro atoms. The van der Waals surface area contributed by atoms with Crippen molar-refractivity contribution in [1.29, 1.82) is 0 Å². The van der Waals surface area contributed by atoms with Gasteiger partial charge in [-0.05, 0) is 31.9 Å². The van der Waals surface area contributed by atoms with Gasteiger partial charge in [0.05, 0.1) is 18.1 Å². The molecule has 1 heterocycles. The van der Waals surface area contributed by atoms with E-state index >= 15 is 0 Å². The zero-order valence-corrected chi connectivity index (χ0v) is 14.7. The standard InChI is InChI=1S/C16H25N3O3S/c1-12-6-4-5-7-15(12)22-13(2)10-18-16(17-3)19-14-8-9-23(20,21)11-14/h4-7,13-14H,8-11H2,1-3H3,(H2,17,18,19). The number of sulfone groups is 1. The maximum Gasteiger partial charge on any atom is 0.191 e. The average molecular weight is 339 g/mol. The Morgan fingerprint density at radius 3 is 2.78 bits per heavy atom. The van der Waals surface area contributed by atoms with Gasteiger partial charge in [-0.1, -0.05) is 18.2 Å². The molecule has 7 heteroatoms. The maximum absolute atomic E-state index is 11.5. The highest BCUT2D eigenvalue weighted by Gasteiger charge is 2.28. The fourth-order valence-electron chi connectivity index (χ4n) is 2.48. The molecule has 1 aromatic rings. The van der Waals surface area contributed by atoms with Crippen LogP contribution in [0.1, 0.15) is 18.9 Å². The molecule has 2 unspecified atom stereocenters. The van der Waals surface area contributed by atoms with Crippen LogP contribution in [0.2, 0.25) is 0 Å². The van der Waals surface area contributed by atoms with Gasteiger partial charge in [-0.3, -0.25) is 4.99 Å². The van der Waals surface area contributed by atoms with Gasteiger partial charge >= 0.3 is 0 Å². The largest absolute Gasteiger partial charge is 0.489 e. The fourth-order valence-corrected chi connectivity index (χ4v) is 4.16. The summed E-state index contributed by atoms with van der Waals surface area (Å²) in [6.45, 7) is 4.57. The van der Waals surface area contributed by atoms with E-state index in [4.69, 9.17) is 4.74 Å². The summed E-state index contributed by atoms with van der Waals surface area (Å²) in [4.78, 5) is 4.14. The van der Waals surface area contributed by atoms with Gasteiger partial charge in [0, 0.05) is 13.1 Å². The number of para-hydroxylation sites is 1. The second kappa shape index (κ2) is 7.68. The molecule has 1 aliphatic rings. The van der Waals surface area contributed by atoms with E-state index in [1.54, 1.807) is 7.05 Å². The van der Waals surface area contributed by atoms with Crippen LogP contribution in [0, 0.1) is 6.92 Å². The Morgan fingerprint density at radius 2 is 2.17 bits per heavy atom. The first-order valence-corrected chi connectivity index (χ1v) is 9.61. The molecule has 128 valence electrons. The molecule has 1 saturated heterocycles. The molecule has 0 aliphatic carbocycles. The van der Waals surface area contributed by atoms with E-state index in [0.29, 0.717) is 18.9 Å². The van der Waals surface area contributed by atoms with Crippen molar-refractivity contribution in [2.75, 3.05) is 25.1 Å². The topological polar surface area (TPSA) is 79.8 Å². The van der Waals surface area contributed by atoms with Gasteiger partial charge in [0.1, 0.15) is 11.9 Å². The van der Waals surface area contributed by atoms with Gasteiger partial charge in [-0.25, -0.2) is 8.42 Å². The van der Waals surface area contributed by atoms with Crippen LogP contribution < -0.4 is 15.4 Å². The first-order chi connectivity index (χ1) is 10.9. The molecule has 0 aromatic heterocycles. The first kappa shape index (κ1) is 17.6. The average Bonchev–Trinajstić information content (AvgIpc) is 2.85. The Balaban J connectivity index is 1.80. The fraction of sp³-hybridized carbons (Fsp3) is 0.562. The molecular weight excluding hydrogens is 314 g/mol. The van der Waals surface area contributed by atoms with Crippen LogP contribution >= 0.6 is 0 Å². The van der Waals surface area contributed by atoms with Crippen LogP contribution in [-0.2, 0) is 9.84 Å². The van der Waals surface area contributed by atoms with Crippen LogP contribution in [0.25, 0.3) is 0 Å². The van der Waals surface area contributed by atoms with Crippen molar-refractivity contribution in [3.05, 3.63) is 29.8 Å². The lowest BCUT2D eigenvalue weighted by molar-refractivity contribution is 0.222. The highest BCUT2D eigenvalue weighted by Crippen LogP contribution is 2.17. The minimum absolute atomic E-state index is 0.0399. The van der Waals surface area contributed by atoms with Crippen LogP contribution in [0.3, 0.4) is 0 Å². The van der Waals surface area contributed by atoms with Crippen molar-refractivity contribution in [2.45, 2.75) is 32.4 Å². The number of rotatable bonds is 5. The third-order valence-corrected chi connectivity index (χ3v) is 5.54. The van der Waals surface area contributed by atoms with Crippen molar-refractivity contribution >= 4 is 15.8 Å². The smallest absolute Gasteiger partial charge is 0.191 e. The number of benzene rings is 1. The summed E-state index contributed by atoms with van der Waals surface area (Å²) >= 11 is 0. The Labute approximate surface area is 138 Å². The van der Waals surface area contributed by atoms with Gasteiger partial charge in [0.2, 0.25) is 0 Å². The summed E-state index contributed by atoms with van der Waals surface area (Å²) in [6.07, 6.45) is 0.583. The monoisotopic (exact) mass is 339 g/mol. The molecule has 0 amide bonds. The highest BCUT2D eigenvalue weighted by molar-refractivity contribution is 7.91. The zero-order chi connectivity index (χ0) is 16.9. The minimum Gasteiger partial charge on any atom is -0.489 e. The first-order valence-electron chi connectivity index (χ1n) is 7.79. The van der Waals surface area contributed by atoms with E-state index < -0.39 is 9.84 Å². The van der Waals surface area contributed by atoms with Crippen LogP contribution in [0.5, 0.6) is 5.75 Å². The molecule has 0 radical (unpaired) electrons. The number of aryl methyl sites for hydroxylation is 1. The SMILES string of the molecule is CN=C(NCC(C)Oc1ccccc1C)NC1CCS(=O)(=O)C1. The number of hydrogen-bond acceptors (Lipinski definition) is 4. The Morgan fingerprint density at radius 1 is 1.43 bits per heavy atom. The summed E-state index contributed by atoms with van der Waals surface area (Å²) in [5, 5.41) is 6.34. The number of nitrogens with zero attached hydrogens (tertiary/aromatic N) is 1. The number of guanidine groups is 1. The Bertz CT molecular complexity index is 658. The van der Waals surface area contributed by atoms with Gasteiger partial charge in [-0.15, -0.1) is 0 Å². The third-order valence-electron chi connectivity index (χ3n) is 3.78. The molecule has 1 aliphatic heterocycles. The number of aliphatic imine (C=N–C) groups is 1. The molecule has 2 rings (SSSR count). The molecule has 0 bridgehead atoms. The van der Waals surface area contributed by atoms with E-state index in [2.05, 4.69) is 15.6 Å². The van der Waals surface area contributed by atoms with Crippen molar-refractivity contribution in [2.24, 2.45) is 4.99 Å². The van der Waals surface area contributed by atoms with E-state index in [1.807, 2.05) is 38.1 Å². The molecule has 23 heavy (non-hydrogen) atoms. The summed E-state index contributed by atoms with van der Waals surface area (Å²) < 4.78 is 28.9. The normalized spacial score (nSPS) is 21.7. The lowest BCUT2D eigenvalue weighted by atomic mass is 10.2. The van der Waals surface area contributed by atoms with E-state index in [1.165, 1.54) is 0 Å². The molecule has 1 aromatic carbocycles. The third kappa shape index (κ3) is 5.42. The van der Waals surface area contributed by atoms with E-state index in [-0.39, 0.29) is 23.7 Å². The van der Waals surface area contributed by atoms with Crippen LogP contribution in [0.4, 0.5) is 0 Å². The van der Waals surface area contributed by atoms with Crippen molar-refractivity contribution in [3.8, 4) is 5.75 Å². The number of nitrogens with one attached hydrogen (secondary N) is 2. The Kier molecular flexibility index (Phi) is 5.87. The molecular formula is C16H25N3O3S. The van der Waals surface area contributed by atoms with Crippen molar-refractivity contribution in [1.82, 2.24) is 10.6 Å². The van der Waals surface area contributed by atoms with Crippen LogP contribution in [-0.4, -0.2) is 51.6 Å². The quantitative estimate of drug-likeness (QED) is 0.621. The van der Waals surface area contributed by atoms with Crippen molar-refractivity contribution < 1.29 is 13.2 Å². The van der Waals surface area contributed by atoms with Gasteiger partial charge < -0.3 is 15.4 Å². The summed E-state index contributed by atoms with van der Waals surface area (Å²) in [5.74, 6) is 1.89. The van der Waals surface area contributed by atoms with Crippen molar-refractivity contribution in [3.63, 3.8) is 0 Å². The van der Waals surface area contributed by atoms with Gasteiger partial charge in [0.25, 0.3) is 0 Å². The predicted molar refractivity (Wildman–Crippen MR) is 92.8 cm³/mol. The Hall–Kier alpha value is -1.76. The number of ether oxygens (including phenoxy) is 1. The predicted octanol–water partition coefficient (Wildman–Crippen LogP) is 1.11. The van der Waals surface area contributed by atoms with E-state index in [0.717, 1.165) is 11.3 Å². The maximum atomic E-state index is 11.5. The van der Waals surface area contributed by atoms with Gasteiger partial charge in [-0.2, -0.15) is 0 Å². The second-order valence-corrected chi connectivity index (χ2v) is 8.12. The summed E-state index contributed by atoms with van der Waals surface area (Å²) in [5.41, 5.74) is 1.10. The lowest BCUT2D eigenvalue weighted by Crippen LogP contribution is -2.46. The molecule has 2 atom stereocenters. The van der Waals surface area contributed by atoms with Crippen LogP contribution in [0.15, 0.2) is 29.3 Å². The zero-order valence-electron chi connectivity index (χ0n) is 13.9. The minimum atomic E-state index is -2.90. The van der Waals surface area contributed by atoms with E-state index in [9.17, 15) is 8.42 Å². The lowest BCUT2D eigenvalue weighted by Gasteiger charge is -2.20. The summed E-state index contributed by atoms with van der Waals surface area (Å²) in [7, 11) is -1.22. The number of hydrogen-bond donors (Lipinski definition) is 2. The highest BCUT2D eigenvalue weighted by atomic mass is 32.2. The second-order valence-electron chi connectivity index (χ2n) is 5.89. The molecule has 0 saturated carbocycles. The molecule has 2 N–H and O–H groups in total. The molecule has 6 nitrogen and oxygen atoms in total. The van der Waals surface area contributed by atoms with Gasteiger partial charge in [0.15, 0.2) is 15.8 Å². The summed E-state index contributed by atoms with van der Waals surface area (Å²) in [6, 6.07) is 7.81.